The molecule has 12 heteroatoms. The van der Waals surface area contributed by atoms with E-state index in [1.807, 2.05) is 0 Å². The van der Waals surface area contributed by atoms with Crippen LogP contribution in [0.2, 0.25) is 0 Å². The van der Waals surface area contributed by atoms with E-state index in [9.17, 15) is 14.7 Å². The highest BCUT2D eigenvalue weighted by molar-refractivity contribution is 7.54. The minimum absolute atomic E-state index is 0.00875. The summed E-state index contributed by atoms with van der Waals surface area (Å²) in [7, 11) is -2.04. The lowest BCUT2D eigenvalue weighted by molar-refractivity contribution is -0.384. The van der Waals surface area contributed by atoms with Crippen molar-refractivity contribution in [3.63, 3.8) is 0 Å². The Bertz CT molecular complexity index is 1080. The molecule has 0 aliphatic heterocycles. The Morgan fingerprint density at radius 2 is 1.69 bits per heavy atom. The van der Waals surface area contributed by atoms with Crippen molar-refractivity contribution in [2.45, 2.75) is 19.6 Å². The number of methoxy groups -OCH3 is 1. The lowest BCUT2D eigenvalue weighted by Gasteiger charge is -2.27. The largest absolute Gasteiger partial charge is 0.497 e. The Morgan fingerprint density at radius 3 is 2.22 bits per heavy atom. The van der Waals surface area contributed by atoms with Gasteiger partial charge in [0.15, 0.2) is 5.78 Å². The maximum Gasteiger partial charge on any atom is 0.357 e. The molecular weight excluding hydrogens is 455 g/mol. The maximum atomic E-state index is 13.6. The first kappa shape index (κ1) is 23.8. The molecule has 1 atom stereocenters. The smallest absolute Gasteiger partial charge is 0.357 e. The number of nitrogens with one attached hydrogen (secondary N) is 1. The number of hydrogen-bond acceptors (Lipinski definition) is 10. The summed E-state index contributed by atoms with van der Waals surface area (Å²) < 4.78 is 30.0. The number of aromatic nitrogens is 2. The van der Waals surface area contributed by atoms with Crippen LogP contribution in [0, 0.1) is 10.1 Å². The van der Waals surface area contributed by atoms with Crippen LogP contribution in [0.25, 0.3) is 10.6 Å². The zero-order valence-electron chi connectivity index (χ0n) is 17.8. The summed E-state index contributed by atoms with van der Waals surface area (Å²) in [4.78, 5) is 10.4. The Hall–Kier alpha value is -2.85. The molecule has 0 saturated carbocycles. The van der Waals surface area contributed by atoms with Gasteiger partial charge in [-0.3, -0.25) is 14.7 Å². The second kappa shape index (κ2) is 10.6. The maximum absolute atomic E-state index is 13.6. The second-order valence-corrected chi connectivity index (χ2v) is 9.50. The molecule has 0 aliphatic carbocycles. The Labute approximate surface area is 189 Å². The van der Waals surface area contributed by atoms with Gasteiger partial charge in [0.1, 0.15) is 10.8 Å². The molecule has 0 aliphatic rings. The molecule has 0 bridgehead atoms. The number of benzene rings is 2. The zero-order valence-corrected chi connectivity index (χ0v) is 19.5. The molecule has 10 nitrogen and oxygen atoms in total. The Kier molecular flexibility index (Phi) is 7.92. The Balaban J connectivity index is 1.92. The summed E-state index contributed by atoms with van der Waals surface area (Å²) in [5.41, 5.74) is 1.34. The number of anilines is 1. The molecule has 0 amide bonds. The first-order valence-electron chi connectivity index (χ1n) is 9.77. The van der Waals surface area contributed by atoms with Gasteiger partial charge in [-0.15, -0.1) is 10.2 Å². The van der Waals surface area contributed by atoms with Crippen molar-refractivity contribution in [2.24, 2.45) is 0 Å². The summed E-state index contributed by atoms with van der Waals surface area (Å²) in [6.45, 7) is 3.90. The van der Waals surface area contributed by atoms with Crippen LogP contribution in [0.1, 0.15) is 25.2 Å². The lowest BCUT2D eigenvalue weighted by atomic mass is 10.2. The summed E-state index contributed by atoms with van der Waals surface area (Å²) in [5.74, 6) is -0.169. The minimum atomic E-state index is -3.61. The SMILES string of the molecule is CCOP(=O)(OCC)[C@H](Nc1nnc(-c2ccc([N+](=O)[O-])cc2)s1)c1ccc(OC)cc1. The molecule has 0 unspecified atom stereocenters. The monoisotopic (exact) mass is 478 g/mol. The van der Waals surface area contributed by atoms with Crippen LogP contribution in [0.15, 0.2) is 48.5 Å². The fraction of sp³-hybridized carbons (Fsp3) is 0.300. The second-order valence-electron chi connectivity index (χ2n) is 6.41. The van der Waals surface area contributed by atoms with Crippen LogP contribution in [0.5, 0.6) is 5.75 Å². The summed E-state index contributed by atoms with van der Waals surface area (Å²) in [6, 6.07) is 13.1. The van der Waals surface area contributed by atoms with E-state index in [2.05, 4.69) is 15.5 Å². The van der Waals surface area contributed by atoms with E-state index >= 15 is 0 Å². The molecule has 0 radical (unpaired) electrons. The highest BCUT2D eigenvalue weighted by Crippen LogP contribution is 2.61. The van der Waals surface area contributed by atoms with Crippen molar-refractivity contribution < 1.29 is 23.3 Å². The van der Waals surface area contributed by atoms with Gasteiger partial charge in [-0.1, -0.05) is 23.5 Å². The molecule has 170 valence electrons. The number of rotatable bonds is 11. The van der Waals surface area contributed by atoms with Gasteiger partial charge in [-0.2, -0.15) is 0 Å². The van der Waals surface area contributed by atoms with Crippen molar-refractivity contribution >= 4 is 29.8 Å². The molecule has 0 fully saturated rings. The van der Waals surface area contributed by atoms with Crippen LogP contribution in [0.3, 0.4) is 0 Å². The normalized spacial score (nSPS) is 12.3. The number of non-ortho nitro benzene ring substituents is 1. The van der Waals surface area contributed by atoms with E-state index in [4.69, 9.17) is 13.8 Å². The molecule has 32 heavy (non-hydrogen) atoms. The molecule has 2 aromatic carbocycles. The van der Waals surface area contributed by atoms with E-state index in [1.54, 1.807) is 57.4 Å². The lowest BCUT2D eigenvalue weighted by Crippen LogP contribution is -2.15. The number of nitro benzene ring substituents is 1. The summed E-state index contributed by atoms with van der Waals surface area (Å²) in [5, 5.41) is 23.3. The van der Waals surface area contributed by atoms with Gasteiger partial charge in [-0.25, -0.2) is 0 Å². The van der Waals surface area contributed by atoms with Crippen LogP contribution < -0.4 is 10.1 Å². The molecule has 1 heterocycles. The molecule has 0 spiro atoms. The third-order valence-electron chi connectivity index (χ3n) is 4.38. The van der Waals surface area contributed by atoms with Crippen LogP contribution in [0.4, 0.5) is 10.8 Å². The van der Waals surface area contributed by atoms with E-state index in [-0.39, 0.29) is 18.9 Å². The van der Waals surface area contributed by atoms with Crippen LogP contribution in [-0.2, 0) is 13.6 Å². The quantitative estimate of drug-likeness (QED) is 0.216. The molecular formula is C20H23N4O6PS. The van der Waals surface area contributed by atoms with Gasteiger partial charge in [-0.05, 0) is 43.7 Å². The van der Waals surface area contributed by atoms with Crippen LogP contribution >= 0.6 is 18.9 Å². The molecule has 3 aromatic rings. The van der Waals surface area contributed by atoms with Crippen molar-refractivity contribution in [3.8, 4) is 16.3 Å². The van der Waals surface area contributed by atoms with Crippen molar-refractivity contribution in [2.75, 3.05) is 25.6 Å². The van der Waals surface area contributed by atoms with Gasteiger partial charge >= 0.3 is 7.60 Å². The third-order valence-corrected chi connectivity index (χ3v) is 7.58. The van der Waals surface area contributed by atoms with Gasteiger partial charge in [0.25, 0.3) is 5.69 Å². The van der Waals surface area contributed by atoms with Gasteiger partial charge in [0.2, 0.25) is 5.13 Å². The zero-order chi connectivity index (χ0) is 23.1. The fourth-order valence-corrected chi connectivity index (χ4v) is 5.69. The first-order chi connectivity index (χ1) is 15.4. The highest BCUT2D eigenvalue weighted by Gasteiger charge is 2.38. The van der Waals surface area contributed by atoms with Crippen molar-refractivity contribution in [1.82, 2.24) is 10.2 Å². The van der Waals surface area contributed by atoms with Gasteiger partial charge < -0.3 is 19.1 Å². The first-order valence-corrected chi connectivity index (χ1v) is 12.2. The third kappa shape index (κ3) is 5.49. The van der Waals surface area contributed by atoms with E-state index in [0.717, 1.165) is 0 Å². The van der Waals surface area contributed by atoms with Crippen LogP contribution in [-0.4, -0.2) is 35.4 Å². The number of ether oxygens (including phenoxy) is 1. The number of nitro groups is 1. The van der Waals surface area contributed by atoms with Gasteiger partial charge in [0, 0.05) is 17.7 Å². The predicted octanol–water partition coefficient (Wildman–Crippen LogP) is 5.50. The number of hydrogen-bond donors (Lipinski definition) is 1. The van der Waals surface area contributed by atoms with E-state index in [0.29, 0.717) is 27.0 Å². The predicted molar refractivity (Wildman–Crippen MR) is 122 cm³/mol. The summed E-state index contributed by atoms with van der Waals surface area (Å²) in [6.07, 6.45) is 0. The van der Waals surface area contributed by atoms with Crippen molar-refractivity contribution in [1.29, 1.82) is 0 Å². The molecule has 1 aromatic heterocycles. The standard InChI is InChI=1S/C20H23N4O6PS/c1-4-29-31(27,30-5-2)18(14-8-12-17(28-3)13-9-14)21-20-23-22-19(32-20)15-6-10-16(11-7-15)24(25)26/h6-13,18H,4-5H2,1-3H3,(H,21,23)/t18-/m0/s1. The number of nitrogens with zero attached hydrogens (tertiary/aromatic N) is 3. The van der Waals surface area contributed by atoms with E-state index in [1.165, 1.54) is 23.5 Å². The molecule has 1 N–H and O–H groups in total. The highest BCUT2D eigenvalue weighted by atomic mass is 32.1. The summed E-state index contributed by atoms with van der Waals surface area (Å²) >= 11 is 1.22. The average Bonchev–Trinajstić information content (AvgIpc) is 3.27. The fourth-order valence-electron chi connectivity index (χ4n) is 2.92. The average molecular weight is 478 g/mol. The van der Waals surface area contributed by atoms with Crippen molar-refractivity contribution in [3.05, 3.63) is 64.2 Å². The van der Waals surface area contributed by atoms with Gasteiger partial charge in [0.05, 0.1) is 25.2 Å². The topological polar surface area (TPSA) is 126 Å². The minimum Gasteiger partial charge on any atom is -0.497 e. The van der Waals surface area contributed by atoms with E-state index < -0.39 is 18.3 Å². The molecule has 0 saturated heterocycles. The molecule has 3 rings (SSSR count). The Morgan fingerprint density at radius 1 is 1.06 bits per heavy atom.